The van der Waals surface area contributed by atoms with Gasteiger partial charge >= 0.3 is 0 Å². The van der Waals surface area contributed by atoms with Crippen LogP contribution < -0.4 is 5.32 Å². The lowest BCUT2D eigenvalue weighted by atomic mass is 9.99. The predicted octanol–water partition coefficient (Wildman–Crippen LogP) is 3.07. The summed E-state index contributed by atoms with van der Waals surface area (Å²) in [6, 6.07) is 3.73. The van der Waals surface area contributed by atoms with E-state index in [-0.39, 0.29) is 11.9 Å². The number of nitrogens with one attached hydrogen (secondary N) is 1. The van der Waals surface area contributed by atoms with E-state index in [9.17, 15) is 4.39 Å². The molecule has 0 aliphatic rings. The maximum absolute atomic E-state index is 13.8. The van der Waals surface area contributed by atoms with E-state index >= 15 is 0 Å². The summed E-state index contributed by atoms with van der Waals surface area (Å²) in [7, 11) is 1.87. The van der Waals surface area contributed by atoms with Crippen molar-refractivity contribution in [3.05, 3.63) is 34.6 Å². The first-order valence-electron chi connectivity index (χ1n) is 5.03. The summed E-state index contributed by atoms with van der Waals surface area (Å²) < 4.78 is 13.8. The van der Waals surface area contributed by atoms with E-state index < -0.39 is 0 Å². The number of hydrogen-bond donors (Lipinski definition) is 1. The minimum atomic E-state index is -0.0964. The third kappa shape index (κ3) is 2.95. The largest absolute Gasteiger partial charge is 0.312 e. The fraction of sp³-hybridized carbons (Fsp3) is 0.500. The maximum atomic E-state index is 13.8. The smallest absolute Gasteiger partial charge is 0.128 e. The van der Waals surface area contributed by atoms with Gasteiger partial charge in [0.1, 0.15) is 5.82 Å². The standard InChI is InChI=1S/C12H18FNS/c1-8-5-9(2)12(10(13)6-8)11(14-3)7-15-4/h5-6,11,14H,7H2,1-4H3. The summed E-state index contributed by atoms with van der Waals surface area (Å²) in [5.74, 6) is 0.790. The second-order valence-corrected chi connectivity index (χ2v) is 4.68. The van der Waals surface area contributed by atoms with Gasteiger partial charge in [-0.15, -0.1) is 0 Å². The van der Waals surface area contributed by atoms with Gasteiger partial charge in [-0.2, -0.15) is 11.8 Å². The Bertz CT molecular complexity index is 315. The topological polar surface area (TPSA) is 12.0 Å². The van der Waals surface area contributed by atoms with E-state index in [1.54, 1.807) is 17.8 Å². The van der Waals surface area contributed by atoms with Crippen LogP contribution in [0.5, 0.6) is 0 Å². The molecule has 0 saturated carbocycles. The lowest BCUT2D eigenvalue weighted by Crippen LogP contribution is -2.21. The lowest BCUT2D eigenvalue weighted by Gasteiger charge is -2.19. The maximum Gasteiger partial charge on any atom is 0.128 e. The summed E-state index contributed by atoms with van der Waals surface area (Å²) in [4.78, 5) is 0. The molecule has 0 aliphatic carbocycles. The monoisotopic (exact) mass is 227 g/mol. The highest BCUT2D eigenvalue weighted by Gasteiger charge is 2.16. The Kier molecular flexibility index (Phi) is 4.61. The van der Waals surface area contributed by atoms with Gasteiger partial charge < -0.3 is 5.32 Å². The molecule has 3 heteroatoms. The van der Waals surface area contributed by atoms with Crippen molar-refractivity contribution in [1.29, 1.82) is 0 Å². The van der Waals surface area contributed by atoms with Gasteiger partial charge in [0.05, 0.1) is 0 Å². The molecule has 1 rings (SSSR count). The molecule has 0 spiro atoms. The van der Waals surface area contributed by atoms with Crippen LogP contribution in [0.2, 0.25) is 0 Å². The van der Waals surface area contributed by atoms with E-state index in [1.165, 1.54) is 0 Å². The summed E-state index contributed by atoms with van der Waals surface area (Å²) in [5, 5.41) is 3.16. The van der Waals surface area contributed by atoms with Crippen molar-refractivity contribution in [2.75, 3.05) is 19.1 Å². The fourth-order valence-electron chi connectivity index (χ4n) is 1.85. The summed E-state index contributed by atoms with van der Waals surface area (Å²) in [6.07, 6.45) is 2.03. The Morgan fingerprint density at radius 1 is 1.40 bits per heavy atom. The molecule has 1 aromatic carbocycles. The van der Waals surface area contributed by atoms with Crippen molar-refractivity contribution >= 4 is 11.8 Å². The van der Waals surface area contributed by atoms with Crippen LogP contribution in [-0.2, 0) is 0 Å². The van der Waals surface area contributed by atoms with Crippen LogP contribution in [0.1, 0.15) is 22.7 Å². The highest BCUT2D eigenvalue weighted by Crippen LogP contribution is 2.24. The van der Waals surface area contributed by atoms with Crippen molar-refractivity contribution in [3.8, 4) is 0 Å². The average Bonchev–Trinajstić information content (AvgIpc) is 2.14. The zero-order valence-electron chi connectivity index (χ0n) is 9.73. The van der Waals surface area contributed by atoms with Gasteiger partial charge in [-0.05, 0) is 44.3 Å². The van der Waals surface area contributed by atoms with Gasteiger partial charge in [0.15, 0.2) is 0 Å². The molecule has 84 valence electrons. The van der Waals surface area contributed by atoms with Crippen molar-refractivity contribution in [1.82, 2.24) is 5.32 Å². The SMILES string of the molecule is CNC(CSC)c1c(C)cc(C)cc1F. The van der Waals surface area contributed by atoms with E-state index in [1.807, 2.05) is 33.2 Å². The first-order valence-corrected chi connectivity index (χ1v) is 6.42. The van der Waals surface area contributed by atoms with Gasteiger partial charge in [0, 0.05) is 17.4 Å². The molecule has 15 heavy (non-hydrogen) atoms. The van der Waals surface area contributed by atoms with Gasteiger partial charge in [-0.3, -0.25) is 0 Å². The summed E-state index contributed by atoms with van der Waals surface area (Å²) >= 11 is 1.72. The normalized spacial score (nSPS) is 12.9. The van der Waals surface area contributed by atoms with Crippen molar-refractivity contribution in [2.45, 2.75) is 19.9 Å². The Hall–Kier alpha value is -0.540. The van der Waals surface area contributed by atoms with Crippen LogP contribution in [0.25, 0.3) is 0 Å². The molecule has 0 aliphatic heterocycles. The Balaban J connectivity index is 3.11. The second-order valence-electron chi connectivity index (χ2n) is 3.77. The van der Waals surface area contributed by atoms with E-state index in [2.05, 4.69) is 5.32 Å². The van der Waals surface area contributed by atoms with Crippen LogP contribution in [-0.4, -0.2) is 19.1 Å². The highest BCUT2D eigenvalue weighted by molar-refractivity contribution is 7.98. The van der Waals surface area contributed by atoms with E-state index in [0.717, 1.165) is 22.4 Å². The van der Waals surface area contributed by atoms with Crippen LogP contribution in [0.15, 0.2) is 12.1 Å². The van der Waals surface area contributed by atoms with Gasteiger partial charge in [0.2, 0.25) is 0 Å². The highest BCUT2D eigenvalue weighted by atomic mass is 32.2. The average molecular weight is 227 g/mol. The second kappa shape index (κ2) is 5.52. The molecule has 0 saturated heterocycles. The van der Waals surface area contributed by atoms with Crippen molar-refractivity contribution < 1.29 is 4.39 Å². The number of halogens is 1. The lowest BCUT2D eigenvalue weighted by molar-refractivity contribution is 0.561. The summed E-state index contributed by atoms with van der Waals surface area (Å²) in [6.45, 7) is 3.89. The number of thioether (sulfide) groups is 1. The third-order valence-electron chi connectivity index (χ3n) is 2.51. The van der Waals surface area contributed by atoms with Gasteiger partial charge in [-0.1, -0.05) is 6.07 Å². The minimum Gasteiger partial charge on any atom is -0.312 e. The fourth-order valence-corrected chi connectivity index (χ4v) is 2.51. The van der Waals surface area contributed by atoms with Crippen molar-refractivity contribution in [3.63, 3.8) is 0 Å². The zero-order chi connectivity index (χ0) is 11.4. The first-order chi connectivity index (χ1) is 7.10. The molecule has 0 fully saturated rings. The predicted molar refractivity (Wildman–Crippen MR) is 66.1 cm³/mol. The third-order valence-corrected chi connectivity index (χ3v) is 3.18. The van der Waals surface area contributed by atoms with Crippen LogP contribution in [0, 0.1) is 19.7 Å². The van der Waals surface area contributed by atoms with Crippen LogP contribution >= 0.6 is 11.8 Å². The molecule has 1 aromatic rings. The molecule has 1 unspecified atom stereocenters. The number of aryl methyl sites for hydroxylation is 2. The zero-order valence-corrected chi connectivity index (χ0v) is 10.5. The number of rotatable bonds is 4. The molecular formula is C12H18FNS. The van der Waals surface area contributed by atoms with Gasteiger partial charge in [0.25, 0.3) is 0 Å². The molecule has 1 nitrogen and oxygen atoms in total. The Morgan fingerprint density at radius 3 is 2.53 bits per heavy atom. The first kappa shape index (κ1) is 12.5. The molecule has 0 heterocycles. The van der Waals surface area contributed by atoms with Crippen LogP contribution in [0.4, 0.5) is 4.39 Å². The minimum absolute atomic E-state index is 0.0964. The van der Waals surface area contributed by atoms with E-state index in [0.29, 0.717) is 0 Å². The van der Waals surface area contributed by atoms with E-state index in [4.69, 9.17) is 0 Å². The number of benzene rings is 1. The molecule has 0 amide bonds. The molecule has 1 N–H and O–H groups in total. The Labute approximate surface area is 95.5 Å². The summed E-state index contributed by atoms with van der Waals surface area (Å²) in [5.41, 5.74) is 2.81. The molecule has 1 atom stereocenters. The number of hydrogen-bond acceptors (Lipinski definition) is 2. The van der Waals surface area contributed by atoms with Crippen LogP contribution in [0.3, 0.4) is 0 Å². The quantitative estimate of drug-likeness (QED) is 0.848. The molecule has 0 radical (unpaired) electrons. The molecular weight excluding hydrogens is 209 g/mol. The van der Waals surface area contributed by atoms with Gasteiger partial charge in [-0.25, -0.2) is 4.39 Å². The molecule has 0 bridgehead atoms. The van der Waals surface area contributed by atoms with Crippen molar-refractivity contribution in [2.24, 2.45) is 0 Å². The Morgan fingerprint density at radius 2 is 2.07 bits per heavy atom. The molecule has 0 aromatic heterocycles.